The molecule has 1 N–H and O–H groups in total. The number of rotatable bonds is 8. The summed E-state index contributed by atoms with van der Waals surface area (Å²) in [6, 6.07) is 15.1. The van der Waals surface area contributed by atoms with Gasteiger partial charge < -0.3 is 14.3 Å². The van der Waals surface area contributed by atoms with Gasteiger partial charge in [-0.15, -0.1) is 10.2 Å². The van der Waals surface area contributed by atoms with Gasteiger partial charge in [-0.25, -0.2) is 4.98 Å². The Morgan fingerprint density at radius 2 is 1.90 bits per heavy atom. The number of nitrogens with one attached hydrogen (secondary N) is 1. The Morgan fingerprint density at radius 3 is 2.66 bits per heavy atom. The molecule has 0 spiro atoms. The monoisotopic (exact) mass is 407 g/mol. The number of H-pyrrole nitrogens is 1. The molecule has 0 radical (unpaired) electrons. The highest BCUT2D eigenvalue weighted by atomic mass is 32.2. The minimum atomic E-state index is 0.0458. The first-order valence-corrected chi connectivity index (χ1v) is 10.2. The average molecular weight is 407 g/mol. The van der Waals surface area contributed by atoms with E-state index in [1.54, 1.807) is 31.4 Å². The van der Waals surface area contributed by atoms with Crippen LogP contribution in [0.25, 0.3) is 11.0 Å². The highest BCUT2D eigenvalue weighted by Gasteiger charge is 2.13. The second kappa shape index (κ2) is 8.48. The largest absolute Gasteiger partial charge is 0.497 e. The maximum absolute atomic E-state index is 12.4. The molecule has 148 valence electrons. The summed E-state index contributed by atoms with van der Waals surface area (Å²) in [5, 5.41) is 9.25. The topological polar surface area (TPSA) is 85.7 Å². The fraction of sp³-hybridized carbons (Fsp3) is 0.238. The summed E-state index contributed by atoms with van der Waals surface area (Å²) in [7, 11) is 3.53. The molecule has 7 nitrogen and oxygen atoms in total. The van der Waals surface area contributed by atoms with Crippen LogP contribution in [0.2, 0.25) is 0 Å². The van der Waals surface area contributed by atoms with Gasteiger partial charge in [-0.1, -0.05) is 23.9 Å². The Balaban J connectivity index is 1.35. The number of nitrogens with zero attached hydrogens (tertiary/aromatic N) is 4. The zero-order valence-corrected chi connectivity index (χ0v) is 17.1. The van der Waals surface area contributed by atoms with Crippen molar-refractivity contribution >= 4 is 28.6 Å². The Labute approximate surface area is 172 Å². The Bertz CT molecular complexity index is 1100. The number of ether oxygens (including phenoxy) is 1. The Hall–Kier alpha value is -3.13. The molecule has 4 aromatic rings. The number of aromatic amines is 1. The summed E-state index contributed by atoms with van der Waals surface area (Å²) >= 11 is 1.39. The molecule has 0 aliphatic rings. The van der Waals surface area contributed by atoms with Gasteiger partial charge in [0.1, 0.15) is 17.4 Å². The number of carbonyl (C=O) groups excluding carboxylic acids is 1. The fourth-order valence-electron chi connectivity index (χ4n) is 3.03. The van der Waals surface area contributed by atoms with Gasteiger partial charge in [0, 0.05) is 25.5 Å². The van der Waals surface area contributed by atoms with E-state index in [9.17, 15) is 4.79 Å². The van der Waals surface area contributed by atoms with Crippen molar-refractivity contribution in [3.63, 3.8) is 0 Å². The van der Waals surface area contributed by atoms with Crippen LogP contribution < -0.4 is 4.74 Å². The van der Waals surface area contributed by atoms with Gasteiger partial charge in [0.15, 0.2) is 10.9 Å². The van der Waals surface area contributed by atoms with Gasteiger partial charge in [0.2, 0.25) is 0 Å². The average Bonchev–Trinajstić information content (AvgIpc) is 3.33. The van der Waals surface area contributed by atoms with E-state index in [1.807, 2.05) is 35.9 Å². The molecule has 0 bridgehead atoms. The van der Waals surface area contributed by atoms with Crippen molar-refractivity contribution in [3.8, 4) is 5.75 Å². The van der Waals surface area contributed by atoms with Gasteiger partial charge in [-0.3, -0.25) is 4.79 Å². The second-order valence-corrected chi connectivity index (χ2v) is 7.54. The summed E-state index contributed by atoms with van der Waals surface area (Å²) in [6.45, 7) is 0. The highest BCUT2D eigenvalue weighted by molar-refractivity contribution is 7.99. The molecule has 2 aromatic carbocycles. The van der Waals surface area contributed by atoms with E-state index < -0.39 is 0 Å². The lowest BCUT2D eigenvalue weighted by atomic mass is 10.1. The van der Waals surface area contributed by atoms with Crippen LogP contribution in [0.4, 0.5) is 0 Å². The number of hydrogen-bond acceptors (Lipinski definition) is 6. The quantitative estimate of drug-likeness (QED) is 0.356. The number of para-hydroxylation sites is 2. The van der Waals surface area contributed by atoms with Gasteiger partial charge in [0.25, 0.3) is 0 Å². The summed E-state index contributed by atoms with van der Waals surface area (Å²) in [5.41, 5.74) is 2.66. The van der Waals surface area contributed by atoms with Crippen LogP contribution in [0.5, 0.6) is 5.75 Å². The number of imidazole rings is 1. The van der Waals surface area contributed by atoms with E-state index >= 15 is 0 Å². The summed E-state index contributed by atoms with van der Waals surface area (Å²) in [6.07, 6.45) is 1.46. The number of hydrogen-bond donors (Lipinski definition) is 1. The van der Waals surface area contributed by atoms with Crippen molar-refractivity contribution in [1.29, 1.82) is 0 Å². The van der Waals surface area contributed by atoms with Crippen molar-refractivity contribution in [2.24, 2.45) is 7.05 Å². The fourth-order valence-corrected chi connectivity index (χ4v) is 3.86. The first-order chi connectivity index (χ1) is 14.1. The maximum atomic E-state index is 12.4. The van der Waals surface area contributed by atoms with Crippen molar-refractivity contribution in [2.45, 2.75) is 18.0 Å². The number of thioether (sulfide) groups is 1. The molecule has 0 saturated heterocycles. The predicted octanol–water partition coefficient (Wildman–Crippen LogP) is 3.46. The Morgan fingerprint density at radius 1 is 1.10 bits per heavy atom. The summed E-state index contributed by atoms with van der Waals surface area (Å²) in [4.78, 5) is 20.3. The lowest BCUT2D eigenvalue weighted by molar-refractivity contribution is 0.102. The molecule has 0 unspecified atom stereocenters. The number of aromatic nitrogens is 5. The lowest BCUT2D eigenvalue weighted by Crippen LogP contribution is -2.05. The zero-order chi connectivity index (χ0) is 20.2. The molecule has 29 heavy (non-hydrogen) atoms. The molecule has 0 fully saturated rings. The molecule has 8 heteroatoms. The third-order valence-corrected chi connectivity index (χ3v) is 5.71. The molecule has 2 aromatic heterocycles. The number of ketones is 1. The van der Waals surface area contributed by atoms with Crippen molar-refractivity contribution in [2.75, 3.05) is 12.9 Å². The lowest BCUT2D eigenvalue weighted by Gasteiger charge is -2.04. The summed E-state index contributed by atoms with van der Waals surface area (Å²) < 4.78 is 7.06. The molecule has 0 amide bonds. The van der Waals surface area contributed by atoms with Crippen LogP contribution in [-0.4, -0.2) is 43.4 Å². The van der Waals surface area contributed by atoms with Gasteiger partial charge in [-0.2, -0.15) is 0 Å². The van der Waals surface area contributed by atoms with E-state index in [0.717, 1.165) is 46.4 Å². The van der Waals surface area contributed by atoms with Crippen LogP contribution in [-0.2, 0) is 19.9 Å². The predicted molar refractivity (Wildman–Crippen MR) is 113 cm³/mol. The number of benzene rings is 2. The van der Waals surface area contributed by atoms with Crippen LogP contribution >= 0.6 is 11.8 Å². The van der Waals surface area contributed by atoms with E-state index in [2.05, 4.69) is 20.2 Å². The number of methoxy groups -OCH3 is 1. The molecule has 0 atom stereocenters. The van der Waals surface area contributed by atoms with Crippen molar-refractivity contribution in [1.82, 2.24) is 24.7 Å². The molecular formula is C21H21N5O2S. The Kier molecular flexibility index (Phi) is 5.62. The minimum absolute atomic E-state index is 0.0458. The molecule has 0 aliphatic heterocycles. The molecular weight excluding hydrogens is 386 g/mol. The smallest absolute Gasteiger partial charge is 0.191 e. The van der Waals surface area contributed by atoms with Crippen LogP contribution in [0.1, 0.15) is 22.0 Å². The molecule has 0 saturated carbocycles. The normalized spacial score (nSPS) is 11.1. The maximum Gasteiger partial charge on any atom is 0.191 e. The highest BCUT2D eigenvalue weighted by Crippen LogP contribution is 2.20. The standard InChI is InChI=1S/C21H21N5O2S/c1-26-20(12-11-19-22-16-5-3-4-6-17(16)23-19)24-25-21(26)29-13-18(27)14-7-9-15(28-2)10-8-14/h3-10H,11-13H2,1-2H3,(H,22,23). The van der Waals surface area contributed by atoms with Crippen LogP contribution in [0.15, 0.2) is 53.7 Å². The first kappa shape index (κ1) is 19.2. The van der Waals surface area contributed by atoms with Crippen molar-refractivity contribution < 1.29 is 9.53 Å². The van der Waals surface area contributed by atoms with E-state index in [1.165, 1.54) is 11.8 Å². The van der Waals surface area contributed by atoms with Crippen LogP contribution in [0, 0.1) is 0 Å². The minimum Gasteiger partial charge on any atom is -0.497 e. The first-order valence-electron chi connectivity index (χ1n) is 9.26. The number of Topliss-reactive ketones (excluding diaryl/α,β-unsaturated/α-hetero) is 1. The number of aryl methyl sites for hydroxylation is 2. The second-order valence-electron chi connectivity index (χ2n) is 6.60. The van der Waals surface area contributed by atoms with E-state index in [0.29, 0.717) is 11.3 Å². The molecule has 0 aliphatic carbocycles. The van der Waals surface area contributed by atoms with Gasteiger partial charge >= 0.3 is 0 Å². The number of carbonyl (C=O) groups is 1. The molecule has 2 heterocycles. The van der Waals surface area contributed by atoms with Gasteiger partial charge in [-0.05, 0) is 36.4 Å². The van der Waals surface area contributed by atoms with Gasteiger partial charge in [0.05, 0.1) is 23.9 Å². The molecule has 4 rings (SSSR count). The van der Waals surface area contributed by atoms with E-state index in [4.69, 9.17) is 4.74 Å². The van der Waals surface area contributed by atoms with Crippen LogP contribution in [0.3, 0.4) is 0 Å². The third kappa shape index (κ3) is 4.32. The third-order valence-electron chi connectivity index (χ3n) is 4.69. The summed E-state index contributed by atoms with van der Waals surface area (Å²) in [5.74, 6) is 2.88. The van der Waals surface area contributed by atoms with Crippen molar-refractivity contribution in [3.05, 3.63) is 65.7 Å². The van der Waals surface area contributed by atoms with E-state index in [-0.39, 0.29) is 5.78 Å². The zero-order valence-electron chi connectivity index (χ0n) is 16.3. The SMILES string of the molecule is COc1ccc(C(=O)CSc2nnc(CCc3nc4ccccc4[nH]3)n2C)cc1. The number of fused-ring (bicyclic) bond motifs is 1.